The third-order valence-electron chi connectivity index (χ3n) is 3.81. The van der Waals surface area contributed by atoms with Gasteiger partial charge < -0.3 is 5.32 Å². The quantitative estimate of drug-likeness (QED) is 0.730. The fraction of sp³-hybridized carbons (Fsp3) is 1.00. The summed E-state index contributed by atoms with van der Waals surface area (Å²) >= 11 is 0. The lowest BCUT2D eigenvalue weighted by Gasteiger charge is -2.37. The van der Waals surface area contributed by atoms with Crippen LogP contribution in [0.2, 0.25) is 0 Å². The lowest BCUT2D eigenvalue weighted by atomic mass is 9.68. The average molecular weight is 197 g/mol. The van der Waals surface area contributed by atoms with Crippen LogP contribution in [0.5, 0.6) is 0 Å². The molecule has 0 aromatic rings. The van der Waals surface area contributed by atoms with Gasteiger partial charge in [0.05, 0.1) is 0 Å². The van der Waals surface area contributed by atoms with Gasteiger partial charge in [-0.25, -0.2) is 0 Å². The van der Waals surface area contributed by atoms with Crippen LogP contribution in [0.3, 0.4) is 0 Å². The van der Waals surface area contributed by atoms with Gasteiger partial charge >= 0.3 is 0 Å². The second-order valence-corrected chi connectivity index (χ2v) is 5.99. The highest BCUT2D eigenvalue weighted by atomic mass is 14.8. The number of nitrogens with one attached hydrogen (secondary N) is 1. The van der Waals surface area contributed by atoms with E-state index in [4.69, 9.17) is 0 Å². The van der Waals surface area contributed by atoms with Gasteiger partial charge in [0, 0.05) is 0 Å². The van der Waals surface area contributed by atoms with Gasteiger partial charge in [-0.15, -0.1) is 0 Å². The monoisotopic (exact) mass is 197 g/mol. The molecule has 1 nitrogen and oxygen atoms in total. The van der Waals surface area contributed by atoms with E-state index in [1.807, 2.05) is 0 Å². The molecule has 84 valence electrons. The van der Waals surface area contributed by atoms with E-state index in [1.165, 1.54) is 38.6 Å². The molecular weight excluding hydrogens is 170 g/mol. The molecule has 14 heavy (non-hydrogen) atoms. The maximum absolute atomic E-state index is 3.27. The molecule has 0 aromatic heterocycles. The van der Waals surface area contributed by atoms with Crippen molar-refractivity contribution in [1.82, 2.24) is 5.32 Å². The van der Waals surface area contributed by atoms with Gasteiger partial charge in [0.2, 0.25) is 0 Å². The van der Waals surface area contributed by atoms with E-state index in [0.717, 1.165) is 11.8 Å². The first-order chi connectivity index (χ1) is 6.54. The smallest absolute Gasteiger partial charge is 0.00493 e. The Balaban J connectivity index is 2.36. The molecule has 1 rings (SSSR count). The summed E-state index contributed by atoms with van der Waals surface area (Å²) in [6.45, 7) is 8.40. The molecule has 0 spiro atoms. The minimum Gasteiger partial charge on any atom is -0.320 e. The number of hydrogen-bond donors (Lipinski definition) is 1. The molecular formula is C13H27N. The van der Waals surface area contributed by atoms with E-state index in [0.29, 0.717) is 5.41 Å². The van der Waals surface area contributed by atoms with Crippen LogP contribution in [0.4, 0.5) is 0 Å². The highest BCUT2D eigenvalue weighted by molar-refractivity contribution is 4.81. The summed E-state index contributed by atoms with van der Waals surface area (Å²) in [5.74, 6) is 1.94. The summed E-state index contributed by atoms with van der Waals surface area (Å²) in [5.41, 5.74) is 0.526. The summed E-state index contributed by atoms with van der Waals surface area (Å²) in [4.78, 5) is 0. The largest absolute Gasteiger partial charge is 0.320 e. The normalized spacial score (nSPS) is 29.1. The Morgan fingerprint density at radius 2 is 1.93 bits per heavy atom. The minimum absolute atomic E-state index is 0.526. The number of hydrogen-bond acceptors (Lipinski definition) is 1. The van der Waals surface area contributed by atoms with E-state index in [9.17, 15) is 0 Å². The van der Waals surface area contributed by atoms with Crippen molar-refractivity contribution in [1.29, 1.82) is 0 Å². The Morgan fingerprint density at radius 3 is 2.50 bits per heavy atom. The molecule has 0 aromatic carbocycles. The standard InChI is InChI=1S/C13H27N/c1-13(2,3)12-7-5-6-11(10-12)8-9-14-4/h11-12,14H,5-10H2,1-4H3. The van der Waals surface area contributed by atoms with Gasteiger partial charge in [0.1, 0.15) is 0 Å². The molecule has 1 saturated carbocycles. The first kappa shape index (κ1) is 12.0. The second-order valence-electron chi connectivity index (χ2n) is 5.99. The van der Waals surface area contributed by atoms with Crippen LogP contribution < -0.4 is 5.32 Å². The van der Waals surface area contributed by atoms with E-state index in [2.05, 4.69) is 33.1 Å². The summed E-state index contributed by atoms with van der Waals surface area (Å²) in [7, 11) is 2.06. The second kappa shape index (κ2) is 5.16. The van der Waals surface area contributed by atoms with Gasteiger partial charge in [0.25, 0.3) is 0 Å². The molecule has 1 fully saturated rings. The third kappa shape index (κ3) is 3.61. The Kier molecular flexibility index (Phi) is 4.43. The van der Waals surface area contributed by atoms with Gasteiger partial charge in [-0.1, -0.05) is 33.6 Å². The molecule has 1 aliphatic carbocycles. The molecule has 1 N–H and O–H groups in total. The predicted octanol–water partition coefficient (Wildman–Crippen LogP) is 3.45. The highest BCUT2D eigenvalue weighted by Crippen LogP contribution is 2.40. The summed E-state index contributed by atoms with van der Waals surface area (Å²) in [6, 6.07) is 0. The summed E-state index contributed by atoms with van der Waals surface area (Å²) in [5, 5.41) is 3.27. The van der Waals surface area contributed by atoms with Gasteiger partial charge in [0.15, 0.2) is 0 Å². The molecule has 0 bridgehead atoms. The zero-order valence-corrected chi connectivity index (χ0v) is 10.4. The van der Waals surface area contributed by atoms with Crippen LogP contribution in [0.1, 0.15) is 52.9 Å². The molecule has 1 heteroatoms. The number of rotatable bonds is 3. The van der Waals surface area contributed by atoms with Gasteiger partial charge in [-0.2, -0.15) is 0 Å². The zero-order chi connectivity index (χ0) is 10.6. The fourth-order valence-electron chi connectivity index (χ4n) is 2.69. The average Bonchev–Trinajstić information content (AvgIpc) is 2.14. The van der Waals surface area contributed by atoms with E-state index in [1.54, 1.807) is 0 Å². The van der Waals surface area contributed by atoms with Crippen molar-refractivity contribution in [3.8, 4) is 0 Å². The highest BCUT2D eigenvalue weighted by Gasteiger charge is 2.29. The van der Waals surface area contributed by atoms with E-state index in [-0.39, 0.29) is 0 Å². The zero-order valence-electron chi connectivity index (χ0n) is 10.4. The van der Waals surface area contributed by atoms with Crippen molar-refractivity contribution in [2.75, 3.05) is 13.6 Å². The van der Waals surface area contributed by atoms with Crippen molar-refractivity contribution in [3.05, 3.63) is 0 Å². The van der Waals surface area contributed by atoms with Crippen LogP contribution in [0, 0.1) is 17.3 Å². The van der Waals surface area contributed by atoms with Crippen LogP contribution in [0.15, 0.2) is 0 Å². The molecule has 0 heterocycles. The van der Waals surface area contributed by atoms with E-state index < -0.39 is 0 Å². The molecule has 0 saturated heterocycles. The first-order valence-corrected chi connectivity index (χ1v) is 6.18. The molecule has 0 amide bonds. The minimum atomic E-state index is 0.526. The lowest BCUT2D eigenvalue weighted by Crippen LogP contribution is -2.28. The first-order valence-electron chi connectivity index (χ1n) is 6.18. The Morgan fingerprint density at radius 1 is 1.21 bits per heavy atom. The van der Waals surface area contributed by atoms with E-state index >= 15 is 0 Å². The predicted molar refractivity (Wildman–Crippen MR) is 63.4 cm³/mol. The van der Waals surface area contributed by atoms with Crippen molar-refractivity contribution in [3.63, 3.8) is 0 Å². The lowest BCUT2D eigenvalue weighted by molar-refractivity contribution is 0.137. The SMILES string of the molecule is CNCCC1CCCC(C(C)(C)C)C1. The third-order valence-corrected chi connectivity index (χ3v) is 3.81. The topological polar surface area (TPSA) is 12.0 Å². The Hall–Kier alpha value is -0.0400. The molecule has 1 aliphatic rings. The molecule has 2 unspecified atom stereocenters. The van der Waals surface area contributed by atoms with Crippen LogP contribution in [0.25, 0.3) is 0 Å². The van der Waals surface area contributed by atoms with Crippen LogP contribution in [-0.2, 0) is 0 Å². The Bertz CT molecular complexity index is 157. The van der Waals surface area contributed by atoms with Crippen LogP contribution in [-0.4, -0.2) is 13.6 Å². The summed E-state index contributed by atoms with van der Waals surface area (Å²) in [6.07, 6.45) is 7.22. The Labute approximate surface area is 89.7 Å². The molecule has 0 radical (unpaired) electrons. The summed E-state index contributed by atoms with van der Waals surface area (Å²) < 4.78 is 0. The van der Waals surface area contributed by atoms with Gasteiger partial charge in [-0.3, -0.25) is 0 Å². The van der Waals surface area contributed by atoms with Crippen molar-refractivity contribution < 1.29 is 0 Å². The molecule has 2 atom stereocenters. The maximum Gasteiger partial charge on any atom is -0.00493 e. The fourth-order valence-corrected chi connectivity index (χ4v) is 2.69. The van der Waals surface area contributed by atoms with Crippen molar-refractivity contribution >= 4 is 0 Å². The maximum atomic E-state index is 3.27. The van der Waals surface area contributed by atoms with Crippen molar-refractivity contribution in [2.24, 2.45) is 17.3 Å². The molecule has 0 aliphatic heterocycles. The van der Waals surface area contributed by atoms with Crippen LogP contribution >= 0.6 is 0 Å². The van der Waals surface area contributed by atoms with Gasteiger partial charge in [-0.05, 0) is 50.1 Å². The van der Waals surface area contributed by atoms with Crippen molar-refractivity contribution in [2.45, 2.75) is 52.9 Å².